The first-order valence-electron chi connectivity index (χ1n) is 8.66. The van der Waals surface area contributed by atoms with E-state index < -0.39 is 0 Å². The largest absolute Gasteiger partial charge is 0.477 e. The van der Waals surface area contributed by atoms with Gasteiger partial charge in [0.05, 0.1) is 6.61 Å². The van der Waals surface area contributed by atoms with Gasteiger partial charge in [-0.25, -0.2) is 4.98 Å². The second-order valence-electron chi connectivity index (χ2n) is 6.87. The van der Waals surface area contributed by atoms with Crippen molar-refractivity contribution in [3.05, 3.63) is 23.9 Å². The van der Waals surface area contributed by atoms with Crippen LogP contribution in [-0.2, 0) is 6.42 Å². The Labute approximate surface area is 131 Å². The van der Waals surface area contributed by atoms with Crippen LogP contribution in [0.3, 0.4) is 0 Å². The molecule has 0 aliphatic heterocycles. The van der Waals surface area contributed by atoms with E-state index in [-0.39, 0.29) is 0 Å². The number of unbranched alkanes of at least 4 members (excludes halogenated alkanes) is 4. The maximum Gasteiger partial charge on any atom is 0.213 e. The molecule has 0 aliphatic carbocycles. The zero-order chi connectivity index (χ0) is 15.5. The van der Waals surface area contributed by atoms with Crippen LogP contribution in [0.1, 0.15) is 71.9 Å². The molecule has 0 unspecified atom stereocenters. The lowest BCUT2D eigenvalue weighted by Crippen LogP contribution is -2.06. The fraction of sp³-hybridized carbons (Fsp3) is 0.737. The highest BCUT2D eigenvalue weighted by Gasteiger charge is 2.01. The van der Waals surface area contributed by atoms with Crippen molar-refractivity contribution in [1.82, 2.24) is 4.98 Å². The van der Waals surface area contributed by atoms with Gasteiger partial charge in [0, 0.05) is 11.8 Å². The maximum absolute atomic E-state index is 5.68. The summed E-state index contributed by atoms with van der Waals surface area (Å²) in [6.07, 6.45) is 9.12. The van der Waals surface area contributed by atoms with E-state index in [1.165, 1.54) is 44.2 Å². The maximum atomic E-state index is 5.68. The Kier molecular flexibility index (Phi) is 9.12. The van der Waals surface area contributed by atoms with Crippen molar-refractivity contribution in [1.29, 1.82) is 0 Å². The topological polar surface area (TPSA) is 22.1 Å². The molecule has 0 saturated carbocycles. The minimum Gasteiger partial charge on any atom is -0.477 e. The lowest BCUT2D eigenvalue weighted by molar-refractivity contribution is 0.260. The standard InChI is InChI=1S/C19H33NO/c1-16(2)11-8-6-5-7-9-12-18-13-10-14-19(20-18)21-15-17(3)4/h10,13-14,16-17H,5-9,11-12,15H2,1-4H3. The van der Waals surface area contributed by atoms with Gasteiger partial charge in [-0.15, -0.1) is 0 Å². The first kappa shape index (κ1) is 18.0. The van der Waals surface area contributed by atoms with Crippen LogP contribution in [0.25, 0.3) is 0 Å². The van der Waals surface area contributed by atoms with Crippen LogP contribution in [0.4, 0.5) is 0 Å². The van der Waals surface area contributed by atoms with Crippen molar-refractivity contribution >= 4 is 0 Å². The zero-order valence-corrected chi connectivity index (χ0v) is 14.4. The van der Waals surface area contributed by atoms with Crippen LogP contribution >= 0.6 is 0 Å². The summed E-state index contributed by atoms with van der Waals surface area (Å²) in [5.74, 6) is 2.17. The SMILES string of the molecule is CC(C)CCCCCCCc1cccc(OCC(C)C)n1. The lowest BCUT2D eigenvalue weighted by Gasteiger charge is -2.09. The molecule has 0 bridgehead atoms. The molecule has 1 rings (SSSR count). The van der Waals surface area contributed by atoms with Gasteiger partial charge in [0.2, 0.25) is 5.88 Å². The normalized spacial score (nSPS) is 11.3. The van der Waals surface area contributed by atoms with Crippen LogP contribution in [0.15, 0.2) is 18.2 Å². The summed E-state index contributed by atoms with van der Waals surface area (Å²) in [6, 6.07) is 6.12. The predicted octanol–water partition coefficient (Wildman–Crippen LogP) is 5.66. The average molecular weight is 291 g/mol. The lowest BCUT2D eigenvalue weighted by atomic mass is 10.0. The predicted molar refractivity (Wildman–Crippen MR) is 90.8 cm³/mol. The summed E-state index contributed by atoms with van der Waals surface area (Å²) in [4.78, 5) is 4.58. The number of aromatic nitrogens is 1. The number of aryl methyl sites for hydroxylation is 1. The molecular weight excluding hydrogens is 258 g/mol. The molecule has 0 spiro atoms. The highest BCUT2D eigenvalue weighted by Crippen LogP contribution is 2.14. The smallest absolute Gasteiger partial charge is 0.213 e. The summed E-state index contributed by atoms with van der Waals surface area (Å²) >= 11 is 0. The number of nitrogens with zero attached hydrogens (tertiary/aromatic N) is 1. The third-order valence-electron chi connectivity index (χ3n) is 3.56. The quantitative estimate of drug-likeness (QED) is 0.491. The molecule has 2 heteroatoms. The third kappa shape index (κ3) is 9.49. The summed E-state index contributed by atoms with van der Waals surface area (Å²) in [5, 5.41) is 0. The van der Waals surface area contributed by atoms with Crippen molar-refractivity contribution in [2.75, 3.05) is 6.61 Å². The second-order valence-corrected chi connectivity index (χ2v) is 6.87. The molecule has 1 heterocycles. The number of hydrogen-bond donors (Lipinski definition) is 0. The number of ether oxygens (including phenoxy) is 1. The molecule has 0 N–H and O–H groups in total. The van der Waals surface area contributed by atoms with Gasteiger partial charge in [-0.2, -0.15) is 0 Å². The molecule has 1 aromatic heterocycles. The van der Waals surface area contributed by atoms with Crippen molar-refractivity contribution in [3.8, 4) is 5.88 Å². The average Bonchev–Trinajstić information content (AvgIpc) is 2.44. The monoisotopic (exact) mass is 291 g/mol. The van der Waals surface area contributed by atoms with Gasteiger partial charge in [-0.3, -0.25) is 0 Å². The number of rotatable bonds is 11. The summed E-state index contributed by atoms with van der Waals surface area (Å²) in [6.45, 7) is 9.67. The third-order valence-corrected chi connectivity index (χ3v) is 3.56. The first-order valence-corrected chi connectivity index (χ1v) is 8.66. The van der Waals surface area contributed by atoms with Crippen molar-refractivity contribution in [2.24, 2.45) is 11.8 Å². The van der Waals surface area contributed by atoms with E-state index in [4.69, 9.17) is 4.74 Å². The van der Waals surface area contributed by atoms with E-state index in [1.807, 2.05) is 6.07 Å². The Balaban J connectivity index is 2.15. The Morgan fingerprint density at radius 2 is 1.62 bits per heavy atom. The van der Waals surface area contributed by atoms with Crippen LogP contribution < -0.4 is 4.74 Å². The van der Waals surface area contributed by atoms with Crippen molar-refractivity contribution < 1.29 is 4.74 Å². The fourth-order valence-electron chi connectivity index (χ4n) is 2.32. The highest BCUT2D eigenvalue weighted by molar-refractivity contribution is 5.15. The molecule has 0 amide bonds. The fourth-order valence-corrected chi connectivity index (χ4v) is 2.32. The van der Waals surface area contributed by atoms with Gasteiger partial charge in [-0.1, -0.05) is 65.9 Å². The molecule has 120 valence electrons. The van der Waals surface area contributed by atoms with Crippen LogP contribution in [0, 0.1) is 11.8 Å². The van der Waals surface area contributed by atoms with Crippen LogP contribution in [0.5, 0.6) is 5.88 Å². The van der Waals surface area contributed by atoms with Gasteiger partial charge in [0.25, 0.3) is 0 Å². The number of pyridine rings is 1. The molecule has 0 radical (unpaired) electrons. The summed E-state index contributed by atoms with van der Waals surface area (Å²) in [5.41, 5.74) is 1.17. The van der Waals surface area contributed by atoms with E-state index >= 15 is 0 Å². The zero-order valence-electron chi connectivity index (χ0n) is 14.4. The van der Waals surface area contributed by atoms with E-state index in [1.54, 1.807) is 0 Å². The molecule has 0 aliphatic rings. The number of hydrogen-bond acceptors (Lipinski definition) is 2. The van der Waals surface area contributed by atoms with Crippen molar-refractivity contribution in [2.45, 2.75) is 72.6 Å². The second kappa shape index (κ2) is 10.6. The molecule has 2 nitrogen and oxygen atoms in total. The van der Waals surface area contributed by atoms with E-state index in [0.717, 1.165) is 24.8 Å². The minimum atomic E-state index is 0.543. The summed E-state index contributed by atoms with van der Waals surface area (Å²) < 4.78 is 5.68. The Bertz CT molecular complexity index is 374. The van der Waals surface area contributed by atoms with Crippen LogP contribution in [0.2, 0.25) is 0 Å². The Morgan fingerprint density at radius 3 is 2.33 bits per heavy atom. The van der Waals surface area contributed by atoms with E-state index in [0.29, 0.717) is 5.92 Å². The van der Waals surface area contributed by atoms with Crippen molar-refractivity contribution in [3.63, 3.8) is 0 Å². The molecule has 0 aromatic carbocycles. The van der Waals surface area contributed by atoms with E-state index in [2.05, 4.69) is 44.8 Å². The van der Waals surface area contributed by atoms with Gasteiger partial charge in [-0.05, 0) is 30.7 Å². The minimum absolute atomic E-state index is 0.543. The van der Waals surface area contributed by atoms with Gasteiger partial charge < -0.3 is 4.74 Å². The molecule has 0 fully saturated rings. The van der Waals surface area contributed by atoms with Crippen LogP contribution in [-0.4, -0.2) is 11.6 Å². The van der Waals surface area contributed by atoms with Gasteiger partial charge in [0.1, 0.15) is 0 Å². The Morgan fingerprint density at radius 1 is 0.905 bits per heavy atom. The Hall–Kier alpha value is -1.05. The molecule has 21 heavy (non-hydrogen) atoms. The van der Waals surface area contributed by atoms with E-state index in [9.17, 15) is 0 Å². The molecule has 0 atom stereocenters. The first-order chi connectivity index (χ1) is 10.1. The van der Waals surface area contributed by atoms with Gasteiger partial charge >= 0.3 is 0 Å². The summed E-state index contributed by atoms with van der Waals surface area (Å²) in [7, 11) is 0. The molecule has 0 saturated heterocycles. The molecule has 1 aromatic rings. The van der Waals surface area contributed by atoms with Gasteiger partial charge in [0.15, 0.2) is 0 Å². The highest BCUT2D eigenvalue weighted by atomic mass is 16.5. The molecular formula is C19H33NO.